The van der Waals surface area contributed by atoms with E-state index in [9.17, 15) is 9.59 Å². The van der Waals surface area contributed by atoms with Gasteiger partial charge in [-0.3, -0.25) is 9.59 Å². The third-order valence-electron chi connectivity index (χ3n) is 3.81. The molecule has 0 saturated carbocycles. The van der Waals surface area contributed by atoms with E-state index in [1.165, 1.54) is 22.7 Å². The molecule has 0 atom stereocenters. The number of methoxy groups -OCH3 is 2. The number of carbonyl (C=O) groups is 2. The quantitative estimate of drug-likeness (QED) is 0.562. The predicted octanol–water partition coefficient (Wildman–Crippen LogP) is 4.49. The van der Waals surface area contributed by atoms with Gasteiger partial charge in [0.1, 0.15) is 11.5 Å². The van der Waals surface area contributed by atoms with Gasteiger partial charge >= 0.3 is 0 Å². The predicted molar refractivity (Wildman–Crippen MR) is 107 cm³/mol. The van der Waals surface area contributed by atoms with E-state index in [0.717, 1.165) is 5.56 Å². The summed E-state index contributed by atoms with van der Waals surface area (Å²) in [6, 6.07) is 9.05. The number of rotatable bonds is 8. The lowest BCUT2D eigenvalue weighted by Gasteiger charge is -2.08. The van der Waals surface area contributed by atoms with E-state index < -0.39 is 0 Å². The van der Waals surface area contributed by atoms with Gasteiger partial charge in [-0.05, 0) is 23.6 Å². The molecule has 2 heterocycles. The zero-order valence-corrected chi connectivity index (χ0v) is 16.5. The van der Waals surface area contributed by atoms with Crippen molar-refractivity contribution in [2.24, 2.45) is 0 Å². The molecule has 8 heteroatoms. The number of amides is 1. The molecule has 0 aliphatic rings. The van der Waals surface area contributed by atoms with Gasteiger partial charge in [-0.15, -0.1) is 22.7 Å². The van der Waals surface area contributed by atoms with Crippen LogP contribution < -0.4 is 14.8 Å². The van der Waals surface area contributed by atoms with Crippen LogP contribution in [0.15, 0.2) is 41.1 Å². The van der Waals surface area contributed by atoms with E-state index in [-0.39, 0.29) is 24.5 Å². The molecular weight excluding hydrogens is 384 g/mol. The lowest BCUT2D eigenvalue weighted by Crippen LogP contribution is -2.13. The molecule has 0 aliphatic heterocycles. The molecule has 0 fully saturated rings. The van der Waals surface area contributed by atoms with Gasteiger partial charge in [-0.1, -0.05) is 6.07 Å². The molecule has 3 rings (SSSR count). The Kier molecular flexibility index (Phi) is 6.20. The Morgan fingerprint density at radius 1 is 1.11 bits per heavy atom. The molecular formula is C19H18N2O4S2. The van der Waals surface area contributed by atoms with Gasteiger partial charge in [-0.25, -0.2) is 4.98 Å². The minimum Gasteiger partial charge on any atom is -0.497 e. The van der Waals surface area contributed by atoms with Gasteiger partial charge in [0.15, 0.2) is 10.9 Å². The number of hydrogen-bond acceptors (Lipinski definition) is 7. The number of ether oxygens (including phenoxy) is 2. The summed E-state index contributed by atoms with van der Waals surface area (Å²) < 4.78 is 10.6. The van der Waals surface area contributed by atoms with Gasteiger partial charge in [-0.2, -0.15) is 0 Å². The zero-order chi connectivity index (χ0) is 19.2. The number of hydrogen-bond donors (Lipinski definition) is 1. The number of nitrogens with zero attached hydrogens (tertiary/aromatic N) is 1. The maximum absolute atomic E-state index is 12.1. The second-order valence-electron chi connectivity index (χ2n) is 5.55. The Balaban J connectivity index is 1.62. The first-order valence-electron chi connectivity index (χ1n) is 8.15. The molecule has 1 N–H and O–H groups in total. The fraction of sp³-hybridized carbons (Fsp3) is 0.211. The molecule has 1 aromatic carbocycles. The molecule has 2 aromatic heterocycles. The largest absolute Gasteiger partial charge is 0.497 e. The van der Waals surface area contributed by atoms with Crippen LogP contribution in [0.3, 0.4) is 0 Å². The van der Waals surface area contributed by atoms with Crippen molar-refractivity contribution >= 4 is 39.5 Å². The van der Waals surface area contributed by atoms with Crippen molar-refractivity contribution in [2.45, 2.75) is 12.8 Å². The fourth-order valence-electron chi connectivity index (χ4n) is 2.43. The lowest BCUT2D eigenvalue weighted by molar-refractivity contribution is -0.116. The Morgan fingerprint density at radius 2 is 1.96 bits per heavy atom. The van der Waals surface area contributed by atoms with Crippen molar-refractivity contribution in [3.8, 4) is 22.8 Å². The Hall–Kier alpha value is -2.71. The summed E-state index contributed by atoms with van der Waals surface area (Å²) >= 11 is 2.70. The zero-order valence-electron chi connectivity index (χ0n) is 14.9. The van der Waals surface area contributed by atoms with Gasteiger partial charge in [0.25, 0.3) is 0 Å². The van der Waals surface area contributed by atoms with E-state index in [1.807, 2.05) is 29.0 Å². The average Bonchev–Trinajstić information content (AvgIpc) is 3.37. The minimum atomic E-state index is -0.234. The van der Waals surface area contributed by atoms with Crippen LogP contribution in [0.5, 0.6) is 11.5 Å². The standard InChI is InChI=1S/C19H18N2O4S2/c1-24-12-5-6-13(16(10-12)25-2)14-11-27-19(20-14)21-18(23)8-7-15(22)17-4-3-9-26-17/h3-6,9-11H,7-8H2,1-2H3,(H,20,21,23). The Morgan fingerprint density at radius 3 is 2.67 bits per heavy atom. The number of thiophene rings is 1. The number of benzene rings is 1. The van der Waals surface area contributed by atoms with Crippen LogP contribution in [0.25, 0.3) is 11.3 Å². The summed E-state index contributed by atoms with van der Waals surface area (Å²) in [6.07, 6.45) is 0.300. The molecule has 0 unspecified atom stereocenters. The molecule has 0 aliphatic carbocycles. The van der Waals surface area contributed by atoms with Crippen LogP contribution >= 0.6 is 22.7 Å². The van der Waals surface area contributed by atoms with Crippen LogP contribution in [-0.2, 0) is 4.79 Å². The highest BCUT2D eigenvalue weighted by Gasteiger charge is 2.14. The highest BCUT2D eigenvalue weighted by atomic mass is 32.1. The van der Waals surface area contributed by atoms with Gasteiger partial charge < -0.3 is 14.8 Å². The minimum absolute atomic E-state index is 0.0250. The van der Waals surface area contributed by atoms with Crippen molar-refractivity contribution in [1.82, 2.24) is 4.98 Å². The monoisotopic (exact) mass is 402 g/mol. The molecule has 0 spiro atoms. The molecule has 0 saturated heterocycles. The molecule has 6 nitrogen and oxygen atoms in total. The summed E-state index contributed by atoms with van der Waals surface area (Å²) in [6.45, 7) is 0. The number of carbonyl (C=O) groups excluding carboxylic acids is 2. The maximum atomic E-state index is 12.1. The van der Waals surface area contributed by atoms with Gasteiger partial charge in [0.05, 0.1) is 24.8 Å². The van der Waals surface area contributed by atoms with Crippen molar-refractivity contribution in [3.05, 3.63) is 46.0 Å². The normalized spacial score (nSPS) is 10.4. The number of aromatic nitrogens is 1. The summed E-state index contributed by atoms with van der Waals surface area (Å²) in [7, 11) is 3.17. The number of nitrogens with one attached hydrogen (secondary N) is 1. The molecule has 3 aromatic rings. The van der Waals surface area contributed by atoms with E-state index in [2.05, 4.69) is 10.3 Å². The van der Waals surface area contributed by atoms with Crippen LogP contribution in [0.4, 0.5) is 5.13 Å². The number of Topliss-reactive ketones (excluding diaryl/α,β-unsaturated/α-hetero) is 1. The highest BCUT2D eigenvalue weighted by molar-refractivity contribution is 7.14. The summed E-state index contributed by atoms with van der Waals surface area (Å²) in [5.41, 5.74) is 1.51. The second kappa shape index (κ2) is 8.79. The summed E-state index contributed by atoms with van der Waals surface area (Å²) in [5.74, 6) is 1.07. The smallest absolute Gasteiger partial charge is 0.226 e. The second-order valence-corrected chi connectivity index (χ2v) is 7.36. The molecule has 0 bridgehead atoms. The van der Waals surface area contributed by atoms with E-state index in [1.54, 1.807) is 26.4 Å². The Bertz CT molecular complexity index is 935. The maximum Gasteiger partial charge on any atom is 0.226 e. The first-order valence-corrected chi connectivity index (χ1v) is 9.91. The van der Waals surface area contributed by atoms with Crippen molar-refractivity contribution in [1.29, 1.82) is 0 Å². The van der Waals surface area contributed by atoms with Crippen LogP contribution in [0, 0.1) is 0 Å². The highest BCUT2D eigenvalue weighted by Crippen LogP contribution is 2.34. The summed E-state index contributed by atoms with van der Waals surface area (Å²) in [5, 5.41) is 6.92. The first kappa shape index (κ1) is 19.1. The number of thiazole rings is 1. The van der Waals surface area contributed by atoms with E-state index >= 15 is 0 Å². The van der Waals surface area contributed by atoms with E-state index in [4.69, 9.17) is 9.47 Å². The van der Waals surface area contributed by atoms with E-state index in [0.29, 0.717) is 27.2 Å². The van der Waals surface area contributed by atoms with Crippen LogP contribution in [-0.4, -0.2) is 30.9 Å². The SMILES string of the molecule is COc1ccc(-c2csc(NC(=O)CCC(=O)c3cccs3)n2)c(OC)c1. The molecule has 27 heavy (non-hydrogen) atoms. The molecule has 0 radical (unpaired) electrons. The van der Waals surface area contributed by atoms with Crippen molar-refractivity contribution in [3.63, 3.8) is 0 Å². The van der Waals surface area contributed by atoms with Crippen molar-refractivity contribution in [2.75, 3.05) is 19.5 Å². The third kappa shape index (κ3) is 4.72. The van der Waals surface area contributed by atoms with Gasteiger partial charge in [0, 0.05) is 29.9 Å². The number of anilines is 1. The lowest BCUT2D eigenvalue weighted by atomic mass is 10.1. The fourth-order valence-corrected chi connectivity index (χ4v) is 3.86. The van der Waals surface area contributed by atoms with Crippen LogP contribution in [0.2, 0.25) is 0 Å². The van der Waals surface area contributed by atoms with Crippen molar-refractivity contribution < 1.29 is 19.1 Å². The third-order valence-corrected chi connectivity index (χ3v) is 5.48. The topological polar surface area (TPSA) is 77.5 Å². The molecule has 1 amide bonds. The average molecular weight is 402 g/mol. The first-order chi connectivity index (χ1) is 13.1. The Labute approximate surface area is 164 Å². The van der Waals surface area contributed by atoms with Crippen LogP contribution in [0.1, 0.15) is 22.5 Å². The summed E-state index contributed by atoms with van der Waals surface area (Å²) in [4.78, 5) is 29.2. The van der Waals surface area contributed by atoms with Gasteiger partial charge in [0.2, 0.25) is 5.91 Å². The number of ketones is 1. The molecule has 140 valence electrons.